The second-order valence-electron chi connectivity index (χ2n) is 7.06. The number of nitrogen functional groups attached to an aromatic ring is 1. The number of nitrogens with one attached hydrogen (secondary N) is 2. The van der Waals surface area contributed by atoms with Gasteiger partial charge in [0.1, 0.15) is 0 Å². The Morgan fingerprint density at radius 2 is 1.94 bits per heavy atom. The lowest BCUT2D eigenvalue weighted by Crippen LogP contribution is -2.17. The Balaban J connectivity index is 1.55. The lowest BCUT2D eigenvalue weighted by Gasteiger charge is -2.11. The fraction of sp³-hybridized carbons (Fsp3) is 0.200. The molecular weight excluding hydrogens is 493 g/mol. The Morgan fingerprint density at radius 1 is 1.24 bits per heavy atom. The van der Waals surface area contributed by atoms with E-state index in [1.807, 2.05) is 43.3 Å². The van der Waals surface area contributed by atoms with Crippen LogP contribution >= 0.6 is 23.4 Å². The van der Waals surface area contributed by atoms with Crippen LogP contribution in [0.4, 0.5) is 30.5 Å². The number of carbonyl (C=O) groups excluding carboxylic acids is 1. The third-order valence-corrected chi connectivity index (χ3v) is 5.62. The van der Waals surface area contributed by atoms with Gasteiger partial charge in [-0.15, -0.1) is 10.2 Å². The van der Waals surface area contributed by atoms with Gasteiger partial charge in [-0.3, -0.25) is 4.79 Å². The molecule has 0 aliphatic carbocycles. The molecule has 0 unspecified atom stereocenters. The molecule has 0 aliphatic heterocycles. The molecule has 2 aromatic carbocycles. The van der Waals surface area contributed by atoms with Crippen molar-refractivity contribution in [2.24, 2.45) is 5.10 Å². The minimum absolute atomic E-state index is 0.0194. The second kappa shape index (κ2) is 10.7. The second-order valence-corrected chi connectivity index (χ2v) is 8.41. The highest BCUT2D eigenvalue weighted by Gasteiger charge is 2.31. The number of halogens is 4. The van der Waals surface area contributed by atoms with E-state index in [2.05, 4.69) is 26.0 Å². The number of nitrogens with two attached hydrogens (primary N) is 1. The lowest BCUT2D eigenvalue weighted by atomic mass is 10.2. The largest absolute Gasteiger partial charge is 0.416 e. The molecule has 1 aromatic heterocycles. The van der Waals surface area contributed by atoms with Crippen LogP contribution in [0.2, 0.25) is 5.02 Å². The number of hydrogen-bond acceptors (Lipinski definition) is 8. The number of amides is 1. The predicted molar refractivity (Wildman–Crippen MR) is 128 cm³/mol. The molecule has 9 nitrogen and oxygen atoms in total. The zero-order chi connectivity index (χ0) is 24.9. The quantitative estimate of drug-likeness (QED) is 0.181. The van der Waals surface area contributed by atoms with Gasteiger partial charge in [0.2, 0.25) is 11.1 Å². The maximum Gasteiger partial charge on any atom is 0.416 e. The Morgan fingerprint density at radius 3 is 2.59 bits per heavy atom. The zero-order valence-electron chi connectivity index (χ0n) is 18.0. The number of aromatic nitrogens is 3. The van der Waals surface area contributed by atoms with E-state index < -0.39 is 17.6 Å². The summed E-state index contributed by atoms with van der Waals surface area (Å²) in [7, 11) is 3.89. The van der Waals surface area contributed by atoms with Crippen molar-refractivity contribution < 1.29 is 18.0 Å². The van der Waals surface area contributed by atoms with Crippen LogP contribution in [0, 0.1) is 0 Å². The maximum atomic E-state index is 12.9. The van der Waals surface area contributed by atoms with Crippen molar-refractivity contribution in [2.45, 2.75) is 11.3 Å². The first-order chi connectivity index (χ1) is 16.0. The summed E-state index contributed by atoms with van der Waals surface area (Å²) in [6, 6.07) is 10.3. The summed E-state index contributed by atoms with van der Waals surface area (Å²) < 4.78 is 39.7. The summed E-state index contributed by atoms with van der Waals surface area (Å²) in [6.45, 7) is 0. The number of nitrogens with zero attached hydrogens (tertiary/aromatic N) is 5. The topological polar surface area (TPSA) is 113 Å². The van der Waals surface area contributed by atoms with Gasteiger partial charge in [0.25, 0.3) is 5.95 Å². The van der Waals surface area contributed by atoms with Gasteiger partial charge in [-0.25, -0.2) is 10.1 Å². The molecule has 0 saturated carbocycles. The third-order valence-electron chi connectivity index (χ3n) is 4.35. The van der Waals surface area contributed by atoms with Crippen molar-refractivity contribution >= 4 is 52.8 Å². The number of benzene rings is 2. The van der Waals surface area contributed by atoms with Crippen molar-refractivity contribution in [3.63, 3.8) is 0 Å². The first kappa shape index (κ1) is 25.2. The molecule has 1 amide bonds. The minimum Gasteiger partial charge on any atom is -0.378 e. The van der Waals surface area contributed by atoms with Crippen LogP contribution in [0.1, 0.15) is 11.1 Å². The highest BCUT2D eigenvalue weighted by molar-refractivity contribution is 7.99. The predicted octanol–water partition coefficient (Wildman–Crippen LogP) is 3.91. The van der Waals surface area contributed by atoms with E-state index in [1.165, 1.54) is 0 Å². The number of hydrazone groups is 1. The number of carbonyl (C=O) groups is 1. The van der Waals surface area contributed by atoms with Crippen LogP contribution in [0.25, 0.3) is 0 Å². The van der Waals surface area contributed by atoms with Crippen LogP contribution in [-0.4, -0.2) is 46.8 Å². The summed E-state index contributed by atoms with van der Waals surface area (Å²) in [4.78, 5) is 14.2. The zero-order valence-corrected chi connectivity index (χ0v) is 19.5. The number of thioether (sulfide) groups is 1. The number of anilines is 3. The van der Waals surface area contributed by atoms with E-state index in [4.69, 9.17) is 17.4 Å². The summed E-state index contributed by atoms with van der Waals surface area (Å²) in [5.74, 6) is 5.26. The molecule has 0 atom stereocenters. The van der Waals surface area contributed by atoms with Crippen LogP contribution < -0.4 is 21.5 Å². The molecule has 3 aromatic rings. The van der Waals surface area contributed by atoms with Crippen LogP contribution in [-0.2, 0) is 11.0 Å². The maximum absolute atomic E-state index is 12.9. The molecule has 180 valence electrons. The first-order valence-corrected chi connectivity index (χ1v) is 11.0. The van der Waals surface area contributed by atoms with Gasteiger partial charge in [-0.2, -0.15) is 18.3 Å². The Bertz CT molecular complexity index is 1180. The minimum atomic E-state index is -4.56. The Kier molecular flexibility index (Phi) is 7.89. The average molecular weight is 513 g/mol. The third kappa shape index (κ3) is 6.54. The van der Waals surface area contributed by atoms with Gasteiger partial charge >= 0.3 is 6.18 Å². The molecule has 0 bridgehead atoms. The molecule has 0 radical (unpaired) electrons. The van der Waals surface area contributed by atoms with E-state index >= 15 is 0 Å². The van der Waals surface area contributed by atoms with Gasteiger partial charge in [0.05, 0.1) is 28.2 Å². The van der Waals surface area contributed by atoms with Gasteiger partial charge in [0.15, 0.2) is 0 Å². The number of rotatable bonds is 8. The lowest BCUT2D eigenvalue weighted by molar-refractivity contribution is -0.137. The summed E-state index contributed by atoms with van der Waals surface area (Å²) >= 11 is 6.83. The van der Waals surface area contributed by atoms with Crippen molar-refractivity contribution in [3.8, 4) is 0 Å². The van der Waals surface area contributed by atoms with Crippen molar-refractivity contribution in [2.75, 3.05) is 41.3 Å². The Hall–Kier alpha value is -3.45. The molecule has 3 rings (SSSR count). The SMILES string of the molecule is CN(C)c1ccc(/C=N/Nc2nnc(SCC(=O)Nc3cc(C(F)(F)F)ccc3Cl)n2N)cc1. The standard InChI is InChI=1S/C20H20ClF3N8OS/c1-31(2)14-6-3-12(4-7-14)10-26-28-18-29-30-19(32(18)25)34-11-17(33)27-16-9-13(20(22,23)24)5-8-15(16)21/h3-10H,11,25H2,1-2H3,(H,27,33)(H,28,29)/b26-10+. The molecule has 1 heterocycles. The normalized spacial score (nSPS) is 11.6. The van der Waals surface area contributed by atoms with Crippen molar-refractivity contribution in [3.05, 3.63) is 58.6 Å². The van der Waals surface area contributed by atoms with E-state index in [-0.39, 0.29) is 27.6 Å². The van der Waals surface area contributed by atoms with Crippen molar-refractivity contribution in [1.82, 2.24) is 14.9 Å². The van der Waals surface area contributed by atoms with E-state index in [0.29, 0.717) is 0 Å². The van der Waals surface area contributed by atoms with Gasteiger partial charge in [0, 0.05) is 19.8 Å². The van der Waals surface area contributed by atoms with Gasteiger partial charge < -0.3 is 16.1 Å². The molecule has 14 heteroatoms. The first-order valence-electron chi connectivity index (χ1n) is 9.61. The molecule has 0 aliphatic rings. The number of alkyl halides is 3. The monoisotopic (exact) mass is 512 g/mol. The Labute approximate surface area is 202 Å². The molecule has 0 fully saturated rings. The fourth-order valence-electron chi connectivity index (χ4n) is 2.59. The highest BCUT2D eigenvalue weighted by Crippen LogP contribution is 2.34. The van der Waals surface area contributed by atoms with Crippen LogP contribution in [0.3, 0.4) is 0 Å². The van der Waals surface area contributed by atoms with E-state index in [0.717, 1.165) is 45.9 Å². The number of hydrogen-bond donors (Lipinski definition) is 3. The van der Waals surface area contributed by atoms with Gasteiger partial charge in [-0.05, 0) is 35.9 Å². The van der Waals surface area contributed by atoms with Crippen LogP contribution in [0.15, 0.2) is 52.7 Å². The summed E-state index contributed by atoms with van der Waals surface area (Å²) in [6.07, 6.45) is -2.98. The molecule has 0 spiro atoms. The molecule has 0 saturated heterocycles. The fourth-order valence-corrected chi connectivity index (χ4v) is 3.41. The van der Waals surface area contributed by atoms with Gasteiger partial charge in [-0.1, -0.05) is 35.5 Å². The van der Waals surface area contributed by atoms with E-state index in [1.54, 1.807) is 6.21 Å². The smallest absolute Gasteiger partial charge is 0.378 e. The summed E-state index contributed by atoms with van der Waals surface area (Å²) in [5.41, 5.74) is 3.49. The van der Waals surface area contributed by atoms with E-state index in [9.17, 15) is 18.0 Å². The molecule has 34 heavy (non-hydrogen) atoms. The molecule has 4 N–H and O–H groups in total. The van der Waals surface area contributed by atoms with Crippen molar-refractivity contribution in [1.29, 1.82) is 0 Å². The summed E-state index contributed by atoms with van der Waals surface area (Å²) in [5, 5.41) is 14.3. The molecular formula is C20H20ClF3N8OS. The average Bonchev–Trinajstić information content (AvgIpc) is 3.13. The highest BCUT2D eigenvalue weighted by atomic mass is 35.5. The van der Waals surface area contributed by atoms with Crippen LogP contribution in [0.5, 0.6) is 0 Å².